The highest BCUT2D eigenvalue weighted by atomic mass is 79.9. The fourth-order valence-electron chi connectivity index (χ4n) is 2.01. The first-order valence-corrected chi connectivity index (χ1v) is 11.9. The van der Waals surface area contributed by atoms with Crippen LogP contribution in [0.3, 0.4) is 0 Å². The van der Waals surface area contributed by atoms with Crippen LogP contribution in [0.5, 0.6) is 0 Å². The van der Waals surface area contributed by atoms with Gasteiger partial charge >= 0.3 is 0 Å². The number of epoxide rings is 1. The lowest BCUT2D eigenvalue weighted by atomic mass is 10.1. The van der Waals surface area contributed by atoms with Crippen LogP contribution in [0.1, 0.15) is 39.4 Å². The van der Waals surface area contributed by atoms with Crippen LogP contribution in [0.4, 0.5) is 0 Å². The van der Waals surface area contributed by atoms with Gasteiger partial charge in [0.25, 0.3) is 0 Å². The normalized spacial score (nSPS) is 24.9. The van der Waals surface area contributed by atoms with Gasteiger partial charge in [-0.2, -0.15) is 0 Å². The van der Waals surface area contributed by atoms with Crippen molar-refractivity contribution in [3.05, 3.63) is 34.3 Å². The summed E-state index contributed by atoms with van der Waals surface area (Å²) >= 11 is 3.38. The van der Waals surface area contributed by atoms with Crippen LogP contribution in [0.15, 0.2) is 28.7 Å². The first-order valence-electron chi connectivity index (χ1n) is 8.23. The van der Waals surface area contributed by atoms with E-state index in [-0.39, 0.29) is 11.1 Å². The van der Waals surface area contributed by atoms with Gasteiger partial charge in [-0.25, -0.2) is 0 Å². The maximum absolute atomic E-state index is 10.2. The molecule has 1 heterocycles. The van der Waals surface area contributed by atoms with Crippen molar-refractivity contribution in [3.63, 3.8) is 0 Å². The fraction of sp³-hybridized carbons (Fsp3) is 0.579. The molecule has 3 atom stereocenters. The average molecular weight is 411 g/mol. The van der Waals surface area contributed by atoms with Crippen molar-refractivity contribution in [2.24, 2.45) is 0 Å². The number of hydrogen-bond acceptors (Lipinski definition) is 3. The molecule has 0 bridgehead atoms. The van der Waals surface area contributed by atoms with Crippen LogP contribution in [-0.4, -0.2) is 31.7 Å². The molecule has 0 saturated carbocycles. The third-order valence-corrected chi connectivity index (χ3v) is 10.0. The number of ether oxygens (including phenoxy) is 1. The fourth-order valence-corrected chi connectivity index (χ4v) is 3.27. The Morgan fingerprint density at radius 1 is 1.33 bits per heavy atom. The Balaban J connectivity index is 1.92. The van der Waals surface area contributed by atoms with E-state index in [1.165, 1.54) is 0 Å². The van der Waals surface area contributed by atoms with Gasteiger partial charge in [-0.05, 0) is 42.8 Å². The highest BCUT2D eigenvalue weighted by molar-refractivity contribution is 9.10. The molecule has 1 unspecified atom stereocenters. The van der Waals surface area contributed by atoms with E-state index in [1.54, 1.807) is 0 Å². The maximum atomic E-state index is 10.2. The predicted molar refractivity (Wildman–Crippen MR) is 103 cm³/mol. The Hall–Kier alpha value is -0.643. The third kappa shape index (κ3) is 4.71. The Morgan fingerprint density at radius 3 is 2.46 bits per heavy atom. The molecule has 0 amide bonds. The van der Waals surface area contributed by atoms with E-state index in [0.29, 0.717) is 6.61 Å². The summed E-state index contributed by atoms with van der Waals surface area (Å²) in [5, 5.41) is 10.4. The molecule has 1 aliphatic rings. The van der Waals surface area contributed by atoms with Crippen molar-refractivity contribution in [1.29, 1.82) is 0 Å². The molecule has 1 N–H and O–H groups in total. The lowest BCUT2D eigenvalue weighted by Gasteiger charge is -2.36. The zero-order chi connectivity index (χ0) is 18.2. The standard InChI is InChI=1S/C19H27BrO3Si/c1-18(2,3)24(5,6)22-13-17-19(4,23-17)12-11-16(21)14-7-9-15(20)10-8-14/h7-10,16-17,21H,13H2,1-6H3/t16?,17-,19+/m0/s1. The van der Waals surface area contributed by atoms with E-state index in [2.05, 4.69) is 61.6 Å². The first kappa shape index (κ1) is 19.7. The van der Waals surface area contributed by atoms with Crippen LogP contribution < -0.4 is 0 Å². The molecular weight excluding hydrogens is 384 g/mol. The Morgan fingerprint density at radius 2 is 1.92 bits per heavy atom. The number of benzene rings is 1. The topological polar surface area (TPSA) is 42.0 Å². The summed E-state index contributed by atoms with van der Waals surface area (Å²) in [6.07, 6.45) is -0.822. The summed E-state index contributed by atoms with van der Waals surface area (Å²) in [4.78, 5) is 0. The van der Waals surface area contributed by atoms with Crippen molar-refractivity contribution < 1.29 is 14.3 Å². The van der Waals surface area contributed by atoms with Crippen LogP contribution in [0, 0.1) is 11.8 Å². The molecule has 3 nitrogen and oxygen atoms in total. The second-order valence-electron chi connectivity index (χ2n) is 8.01. The van der Waals surface area contributed by atoms with Crippen LogP contribution in [-0.2, 0) is 9.16 Å². The Labute approximate surface area is 155 Å². The summed E-state index contributed by atoms with van der Waals surface area (Å²) in [6.45, 7) is 13.6. The summed E-state index contributed by atoms with van der Waals surface area (Å²) in [5.41, 5.74) is 0.266. The van der Waals surface area contributed by atoms with Crippen LogP contribution in [0.2, 0.25) is 18.1 Å². The smallest absolute Gasteiger partial charge is 0.192 e. The van der Waals surface area contributed by atoms with E-state index >= 15 is 0 Å². The number of hydrogen-bond donors (Lipinski definition) is 1. The van der Waals surface area contributed by atoms with Gasteiger partial charge in [0.2, 0.25) is 0 Å². The van der Waals surface area contributed by atoms with Crippen molar-refractivity contribution in [1.82, 2.24) is 0 Å². The van der Waals surface area contributed by atoms with Crippen molar-refractivity contribution >= 4 is 24.2 Å². The van der Waals surface area contributed by atoms with E-state index in [0.717, 1.165) is 10.0 Å². The number of aliphatic hydroxyl groups excluding tert-OH is 1. The highest BCUT2D eigenvalue weighted by Crippen LogP contribution is 2.40. The molecule has 132 valence electrons. The molecule has 0 aliphatic carbocycles. The zero-order valence-corrected chi connectivity index (χ0v) is 17.9. The van der Waals surface area contributed by atoms with Gasteiger partial charge in [0.15, 0.2) is 13.9 Å². The van der Waals surface area contributed by atoms with Crippen LogP contribution >= 0.6 is 15.9 Å². The molecule has 24 heavy (non-hydrogen) atoms. The van der Waals surface area contributed by atoms with Gasteiger partial charge in [0.1, 0.15) is 12.2 Å². The monoisotopic (exact) mass is 410 g/mol. The predicted octanol–water partition coefficient (Wildman–Crippen LogP) is 4.67. The molecule has 1 saturated heterocycles. The van der Waals surface area contributed by atoms with E-state index in [4.69, 9.17) is 9.16 Å². The summed E-state index contributed by atoms with van der Waals surface area (Å²) in [5.74, 6) is 5.97. The largest absolute Gasteiger partial charge is 0.414 e. The number of aliphatic hydroxyl groups is 1. The number of halogens is 1. The molecule has 0 spiro atoms. The zero-order valence-electron chi connectivity index (χ0n) is 15.3. The van der Waals surface area contributed by atoms with E-state index in [1.807, 2.05) is 31.2 Å². The molecule has 1 fully saturated rings. The molecule has 0 radical (unpaired) electrons. The lowest BCUT2D eigenvalue weighted by Crippen LogP contribution is -2.42. The number of rotatable bonds is 4. The summed E-state index contributed by atoms with van der Waals surface area (Å²) in [6, 6.07) is 7.51. The van der Waals surface area contributed by atoms with Crippen molar-refractivity contribution in [2.45, 2.75) is 63.6 Å². The first-order chi connectivity index (χ1) is 10.9. The van der Waals surface area contributed by atoms with E-state index < -0.39 is 20.0 Å². The summed E-state index contributed by atoms with van der Waals surface area (Å²) < 4.78 is 12.9. The second kappa shape index (κ2) is 6.93. The Bertz CT molecular complexity index is 639. The minimum absolute atomic E-state index is 0.0174. The van der Waals surface area contributed by atoms with Crippen LogP contribution in [0.25, 0.3) is 0 Å². The van der Waals surface area contributed by atoms with Gasteiger partial charge in [-0.3, -0.25) is 0 Å². The molecular formula is C19H27BrO3Si. The molecule has 5 heteroatoms. The van der Waals surface area contributed by atoms with E-state index in [9.17, 15) is 5.11 Å². The summed E-state index contributed by atoms with van der Waals surface area (Å²) in [7, 11) is -1.78. The van der Waals surface area contributed by atoms with Gasteiger partial charge in [0.05, 0.1) is 6.61 Å². The molecule has 1 aromatic rings. The maximum Gasteiger partial charge on any atom is 0.192 e. The van der Waals surface area contributed by atoms with Gasteiger partial charge in [0, 0.05) is 4.47 Å². The van der Waals surface area contributed by atoms with Gasteiger partial charge in [-0.1, -0.05) is 60.7 Å². The molecule has 2 rings (SSSR count). The van der Waals surface area contributed by atoms with Gasteiger partial charge < -0.3 is 14.3 Å². The van der Waals surface area contributed by atoms with Crippen molar-refractivity contribution in [3.8, 4) is 11.8 Å². The minimum Gasteiger partial charge on any atom is -0.414 e. The highest BCUT2D eigenvalue weighted by Gasteiger charge is 2.52. The SMILES string of the molecule is CC(C)(C)[Si](C)(C)OC[C@@H]1O[C@]1(C)C#CC(O)c1ccc(Br)cc1. The minimum atomic E-state index is -1.78. The second-order valence-corrected chi connectivity index (χ2v) is 13.7. The van der Waals surface area contributed by atoms with Gasteiger partial charge in [-0.15, -0.1) is 0 Å². The van der Waals surface area contributed by atoms with Crippen molar-refractivity contribution in [2.75, 3.05) is 6.61 Å². The third-order valence-electron chi connectivity index (χ3n) is 4.99. The lowest BCUT2D eigenvalue weighted by molar-refractivity contribution is 0.236. The molecule has 0 aromatic heterocycles. The molecule has 1 aliphatic heterocycles. The molecule has 1 aromatic carbocycles. The quantitative estimate of drug-likeness (QED) is 0.445. The Kier molecular flexibility index (Phi) is 5.68. The average Bonchev–Trinajstić information content (AvgIpc) is 3.13.